The first-order valence-electron chi connectivity index (χ1n) is 22.5. The number of para-hydroxylation sites is 1. The molecule has 5 atom stereocenters. The molecular weight excluding hydrogens is 799 g/mol. The van der Waals surface area contributed by atoms with E-state index in [4.69, 9.17) is 24.6 Å². The Morgan fingerprint density at radius 1 is 0.934 bits per heavy atom. The largest absolute Gasteiger partial charge is 0.464 e. The maximum Gasteiger partial charge on any atom is 0.327 e. The molecule has 0 bridgehead atoms. The van der Waals surface area contributed by atoms with Crippen molar-refractivity contribution in [2.24, 2.45) is 5.92 Å². The highest BCUT2D eigenvalue weighted by atomic mass is 31.1. The number of aromatic nitrogens is 4. The average Bonchev–Trinajstić information content (AvgIpc) is 3.82. The highest BCUT2D eigenvalue weighted by Crippen LogP contribution is 2.42. The molecule has 4 aromatic rings. The molecule has 1 fully saturated rings. The molecule has 1 unspecified atom stereocenters. The van der Waals surface area contributed by atoms with Gasteiger partial charge in [-0.1, -0.05) is 157 Å². The predicted molar refractivity (Wildman–Crippen MR) is 236 cm³/mol. The maximum atomic E-state index is 14.5. The minimum Gasteiger partial charge on any atom is -0.464 e. The Balaban J connectivity index is 1.30. The highest BCUT2D eigenvalue weighted by Gasteiger charge is 2.47. The second-order valence-corrected chi connectivity index (χ2v) is 17.9. The first kappa shape index (κ1) is 48.1. The van der Waals surface area contributed by atoms with Crippen molar-refractivity contribution in [1.82, 2.24) is 24.4 Å². The van der Waals surface area contributed by atoms with Crippen LogP contribution in [0.4, 0.5) is 10.2 Å². The average molecular weight is 867 g/mol. The minimum absolute atomic E-state index is 0.0733. The molecule has 3 heterocycles. The van der Waals surface area contributed by atoms with Crippen LogP contribution in [-0.4, -0.2) is 66.4 Å². The third kappa shape index (κ3) is 14.8. The molecule has 1 saturated heterocycles. The van der Waals surface area contributed by atoms with Gasteiger partial charge in [0.15, 0.2) is 23.0 Å². The number of hydrogen-bond acceptors (Lipinski definition) is 11. The van der Waals surface area contributed by atoms with Gasteiger partial charge in [0.05, 0.1) is 25.6 Å². The Labute approximate surface area is 361 Å². The van der Waals surface area contributed by atoms with Gasteiger partial charge < -0.3 is 29.7 Å². The lowest BCUT2D eigenvalue weighted by Crippen LogP contribution is -2.44. The number of aliphatic hydroxyl groups is 1. The van der Waals surface area contributed by atoms with Crippen LogP contribution in [0.2, 0.25) is 0 Å². The fraction of sp³-hybridized carbons (Fsp3) is 0.609. The lowest BCUT2D eigenvalue weighted by Gasteiger charge is -2.31. The zero-order chi connectivity index (χ0) is 43.5. The zero-order valence-electron chi connectivity index (χ0n) is 36.4. The summed E-state index contributed by atoms with van der Waals surface area (Å²) in [6.45, 7) is 6.02. The number of hydrogen-bond donors (Lipinski definition) is 2. The van der Waals surface area contributed by atoms with Gasteiger partial charge >= 0.3 is 12.0 Å². The van der Waals surface area contributed by atoms with Crippen molar-refractivity contribution in [2.75, 3.05) is 18.9 Å². The van der Waals surface area contributed by atoms with Gasteiger partial charge in [-0.2, -0.15) is 14.4 Å². The number of ether oxygens (including phenoxy) is 2. The third-order valence-corrected chi connectivity index (χ3v) is 12.7. The van der Waals surface area contributed by atoms with Crippen LogP contribution in [0, 0.1) is 12.0 Å². The van der Waals surface area contributed by atoms with Crippen molar-refractivity contribution in [1.29, 1.82) is 0 Å². The molecule has 61 heavy (non-hydrogen) atoms. The van der Waals surface area contributed by atoms with E-state index in [-0.39, 0.29) is 49.0 Å². The Morgan fingerprint density at radius 2 is 1.52 bits per heavy atom. The monoisotopic (exact) mass is 866 g/mol. The summed E-state index contributed by atoms with van der Waals surface area (Å²) >= 11 is 0. The Bertz CT molecular complexity index is 1890. The van der Waals surface area contributed by atoms with Crippen molar-refractivity contribution >= 4 is 31.1 Å². The molecule has 0 spiro atoms. The number of nitrogens with zero attached hydrogens (tertiary/aromatic N) is 5. The van der Waals surface area contributed by atoms with E-state index in [0.29, 0.717) is 5.75 Å². The number of anilines is 1. The van der Waals surface area contributed by atoms with Crippen molar-refractivity contribution in [2.45, 2.75) is 160 Å². The van der Waals surface area contributed by atoms with Gasteiger partial charge in [0.25, 0.3) is 8.18 Å². The van der Waals surface area contributed by atoms with Gasteiger partial charge in [-0.3, -0.25) is 13.9 Å². The summed E-state index contributed by atoms with van der Waals surface area (Å²) in [7, 11) is -3.38. The summed E-state index contributed by atoms with van der Waals surface area (Å²) in [6.07, 6.45) is 17.6. The molecule has 15 heteroatoms. The van der Waals surface area contributed by atoms with Crippen molar-refractivity contribution in [3.05, 3.63) is 78.6 Å². The molecule has 0 radical (unpaired) electrons. The summed E-state index contributed by atoms with van der Waals surface area (Å²) < 4.78 is 48.6. The number of unbranched alkanes of at least 4 members (excludes halogenated alkanes) is 12. The Kier molecular flexibility index (Phi) is 19.9. The highest BCUT2D eigenvalue weighted by molar-refractivity contribution is 7.36. The van der Waals surface area contributed by atoms with Gasteiger partial charge in [0.2, 0.25) is 0 Å². The smallest absolute Gasteiger partial charge is 0.327 e. The molecule has 0 aliphatic carbocycles. The van der Waals surface area contributed by atoms with E-state index >= 15 is 0 Å². The van der Waals surface area contributed by atoms with Crippen molar-refractivity contribution < 1.29 is 37.7 Å². The molecule has 2 aromatic carbocycles. The summed E-state index contributed by atoms with van der Waals surface area (Å²) in [5.74, 6) is -0.113. The fourth-order valence-corrected chi connectivity index (χ4v) is 9.05. The Morgan fingerprint density at radius 3 is 2.15 bits per heavy atom. The van der Waals surface area contributed by atoms with E-state index in [0.717, 1.165) is 36.1 Å². The van der Waals surface area contributed by atoms with Gasteiger partial charge in [0, 0.05) is 12.8 Å². The van der Waals surface area contributed by atoms with E-state index in [1.54, 1.807) is 31.2 Å². The van der Waals surface area contributed by atoms with Crippen molar-refractivity contribution in [3.63, 3.8) is 0 Å². The zero-order valence-corrected chi connectivity index (χ0v) is 37.4. The van der Waals surface area contributed by atoms with Crippen LogP contribution in [-0.2, 0) is 29.8 Å². The van der Waals surface area contributed by atoms with Crippen LogP contribution in [0.5, 0.6) is 5.75 Å². The van der Waals surface area contributed by atoms with E-state index in [9.17, 15) is 18.9 Å². The Hall–Kier alpha value is -3.94. The predicted octanol–water partition coefficient (Wildman–Crippen LogP) is 10.3. The number of nitrogens with two attached hydrogens (primary N) is 1. The number of carbonyl (C=O) groups excluding carboxylic acids is 1. The molecule has 1 aliphatic rings. The standard InChI is InChI=1S/C46H68FN6O7P/c1-4-6-8-10-12-14-18-26-36(27-19-15-13-11-9-7-5-2)32-57-44(55)38(30-35-24-20-16-21-25-35)53(60-37-28-22-17-23-29-37)61(56)58-33-46(3)39(54)31-40(59-46)52-34-49-41-42(48)50-45(47)51-43(41)52/h16-17,20-25,28-29,34,36,38-40,54,61H,4-15,18-19,26-27,30-33H2,1-3H3,(H2,48,50,51)/t38-,39-,40+,46+/m0/s1. The normalized spacial score (nSPS) is 18.9. The van der Waals surface area contributed by atoms with E-state index in [1.807, 2.05) is 36.4 Å². The second kappa shape index (κ2) is 25.2. The fourth-order valence-electron chi connectivity index (χ4n) is 7.88. The molecule has 0 saturated carbocycles. The van der Waals surface area contributed by atoms with E-state index in [1.165, 1.54) is 87.9 Å². The number of aliphatic hydroxyl groups excluding tert-OH is 1. The molecule has 336 valence electrons. The van der Waals surface area contributed by atoms with Gasteiger partial charge in [-0.15, -0.1) is 0 Å². The summed E-state index contributed by atoms with van der Waals surface area (Å²) in [5.41, 5.74) is 5.62. The number of nitrogen functional groups attached to an aromatic ring is 1. The number of carbonyl (C=O) groups is 1. The van der Waals surface area contributed by atoms with E-state index < -0.39 is 44.2 Å². The minimum atomic E-state index is -3.38. The van der Waals surface area contributed by atoms with Crippen LogP contribution in [0.15, 0.2) is 67.0 Å². The summed E-state index contributed by atoms with van der Waals surface area (Å²) in [5, 5.41) is 11.3. The van der Waals surface area contributed by atoms with Crippen LogP contribution < -0.4 is 10.6 Å². The molecule has 13 nitrogen and oxygen atoms in total. The van der Waals surface area contributed by atoms with Crippen LogP contribution in [0.1, 0.15) is 142 Å². The van der Waals surface area contributed by atoms with Crippen LogP contribution in [0.25, 0.3) is 11.2 Å². The molecule has 5 rings (SSSR count). The number of esters is 1. The maximum absolute atomic E-state index is 14.5. The third-order valence-electron chi connectivity index (χ3n) is 11.6. The van der Waals surface area contributed by atoms with E-state index in [2.05, 4.69) is 28.8 Å². The lowest BCUT2D eigenvalue weighted by molar-refractivity contribution is -0.158. The first-order chi connectivity index (χ1) is 29.6. The van der Waals surface area contributed by atoms with Gasteiger partial charge in [0.1, 0.15) is 17.6 Å². The summed E-state index contributed by atoms with van der Waals surface area (Å²) in [6, 6.07) is 17.1. The topological polar surface area (TPSA) is 164 Å². The number of rotatable bonds is 29. The molecule has 2 aromatic heterocycles. The summed E-state index contributed by atoms with van der Waals surface area (Å²) in [4.78, 5) is 33.4. The van der Waals surface area contributed by atoms with Gasteiger partial charge in [-0.25, -0.2) is 4.98 Å². The second-order valence-electron chi connectivity index (χ2n) is 16.6. The quantitative estimate of drug-likeness (QED) is 0.0175. The molecule has 3 N–H and O–H groups in total. The molecule has 0 amide bonds. The van der Waals surface area contributed by atoms with Gasteiger partial charge in [-0.05, 0) is 43.4 Å². The lowest BCUT2D eigenvalue weighted by atomic mass is 9.94. The number of benzene rings is 2. The number of fused-ring (bicyclic) bond motifs is 1. The number of hydroxylamine groups is 1. The van der Waals surface area contributed by atoms with Crippen LogP contribution in [0.3, 0.4) is 0 Å². The number of imidazole rings is 1. The SMILES string of the molecule is CCCCCCCCCC(CCCCCCCCC)COC(=O)[C@H](Cc1ccccc1)N(Oc1ccccc1)[PH](=O)OC[C@@]1(C)O[C@@H](n2cnc3c(N)nc(F)nc32)C[C@@H]1O. The number of halogens is 1. The molecular formula is C46H68FN6O7P. The first-order valence-corrected chi connectivity index (χ1v) is 23.8. The van der Waals surface area contributed by atoms with Crippen molar-refractivity contribution in [3.8, 4) is 5.75 Å². The van der Waals surface area contributed by atoms with Crippen LogP contribution >= 0.6 is 8.18 Å². The molecule has 1 aliphatic heterocycles.